The van der Waals surface area contributed by atoms with Crippen LogP contribution in [-0.2, 0) is 19.4 Å². The minimum Gasteiger partial charge on any atom is -0.248 e. The molecule has 80 valence electrons. The predicted octanol–water partition coefficient (Wildman–Crippen LogP) is 1.98. The minimum atomic E-state index is -0.595. The summed E-state index contributed by atoms with van der Waals surface area (Å²) in [5.41, 5.74) is 0. The highest BCUT2D eigenvalue weighted by Gasteiger charge is 2.18. The van der Waals surface area contributed by atoms with E-state index < -0.39 is 11.9 Å². The van der Waals surface area contributed by atoms with E-state index in [-0.39, 0.29) is 0 Å². The first-order chi connectivity index (χ1) is 6.68. The van der Waals surface area contributed by atoms with Gasteiger partial charge in [0.2, 0.25) is 0 Å². The predicted molar refractivity (Wildman–Crippen MR) is 49.1 cm³/mol. The van der Waals surface area contributed by atoms with E-state index in [2.05, 4.69) is 9.78 Å². The monoisotopic (exact) mass is 200 g/mol. The molecule has 4 heteroatoms. The lowest BCUT2D eigenvalue weighted by Gasteiger charge is -2.19. The van der Waals surface area contributed by atoms with Crippen LogP contribution in [0.3, 0.4) is 0 Å². The van der Waals surface area contributed by atoms with Crippen LogP contribution in [0.2, 0.25) is 0 Å². The Morgan fingerprint density at radius 1 is 1.14 bits per heavy atom. The fourth-order valence-electron chi connectivity index (χ4n) is 1.77. The summed E-state index contributed by atoms with van der Waals surface area (Å²) in [4.78, 5) is 29.9. The Bertz CT molecular complexity index is 206. The van der Waals surface area contributed by atoms with Crippen molar-refractivity contribution in [2.45, 2.75) is 45.4 Å². The summed E-state index contributed by atoms with van der Waals surface area (Å²) in [6, 6.07) is 0. The molecule has 4 nitrogen and oxygen atoms in total. The molecule has 0 N–H and O–H groups in total. The van der Waals surface area contributed by atoms with Gasteiger partial charge in [0.25, 0.3) is 0 Å². The molecule has 0 aromatic carbocycles. The molecule has 0 atom stereocenters. The maximum absolute atomic E-state index is 11.1. The molecule has 1 aliphatic carbocycles. The Hall–Kier alpha value is -1.06. The van der Waals surface area contributed by atoms with Gasteiger partial charge in [-0.25, -0.2) is 19.4 Å². The largest absolute Gasteiger partial charge is 0.355 e. The first-order valence-corrected chi connectivity index (χ1v) is 5.06. The summed E-state index contributed by atoms with van der Waals surface area (Å²) in [5.74, 6) is -0.624. The Labute approximate surface area is 83.5 Å². The van der Waals surface area contributed by atoms with Gasteiger partial charge in [-0.15, -0.1) is 0 Å². The maximum Gasteiger partial charge on any atom is 0.355 e. The molecular formula is C10H16O4. The number of carbonyl (C=O) groups excluding carboxylic acids is 2. The van der Waals surface area contributed by atoms with Crippen molar-refractivity contribution in [3.8, 4) is 0 Å². The maximum atomic E-state index is 11.1. The van der Waals surface area contributed by atoms with E-state index in [1.54, 1.807) is 0 Å². The van der Waals surface area contributed by atoms with E-state index in [0.29, 0.717) is 12.3 Å². The molecule has 0 saturated heterocycles. The third-order valence-corrected chi connectivity index (χ3v) is 2.43. The third-order valence-electron chi connectivity index (χ3n) is 2.43. The molecule has 1 aliphatic rings. The molecule has 1 fully saturated rings. The molecule has 0 spiro atoms. The molecular weight excluding hydrogens is 184 g/mol. The molecule has 0 radical (unpaired) electrons. The van der Waals surface area contributed by atoms with Gasteiger partial charge in [-0.2, -0.15) is 0 Å². The molecule has 0 amide bonds. The van der Waals surface area contributed by atoms with Gasteiger partial charge < -0.3 is 0 Å². The Morgan fingerprint density at radius 2 is 1.79 bits per heavy atom. The number of hydrogen-bond donors (Lipinski definition) is 0. The Balaban J connectivity index is 2.15. The number of hydrogen-bond acceptors (Lipinski definition) is 4. The van der Waals surface area contributed by atoms with Gasteiger partial charge in [0, 0.05) is 6.92 Å². The average molecular weight is 200 g/mol. The fraction of sp³-hybridized carbons (Fsp3) is 0.800. The molecule has 1 saturated carbocycles. The van der Waals surface area contributed by atoms with Crippen molar-refractivity contribution in [1.82, 2.24) is 0 Å². The van der Waals surface area contributed by atoms with Gasteiger partial charge in [-0.05, 0) is 18.8 Å². The normalized spacial score (nSPS) is 17.5. The van der Waals surface area contributed by atoms with Crippen molar-refractivity contribution in [2.75, 3.05) is 0 Å². The van der Waals surface area contributed by atoms with Crippen LogP contribution >= 0.6 is 0 Å². The van der Waals surface area contributed by atoms with Gasteiger partial charge in [0.05, 0.1) is 6.42 Å². The smallest absolute Gasteiger partial charge is 0.248 e. The van der Waals surface area contributed by atoms with Crippen LogP contribution in [0.15, 0.2) is 0 Å². The van der Waals surface area contributed by atoms with Gasteiger partial charge in [-0.1, -0.05) is 19.3 Å². The number of rotatable bonds is 2. The van der Waals surface area contributed by atoms with Gasteiger partial charge in [-0.3, -0.25) is 0 Å². The van der Waals surface area contributed by atoms with Crippen molar-refractivity contribution >= 4 is 11.9 Å². The van der Waals surface area contributed by atoms with E-state index in [1.807, 2.05) is 0 Å². The number of carbonyl (C=O) groups is 2. The molecule has 0 unspecified atom stereocenters. The highest BCUT2D eigenvalue weighted by molar-refractivity contribution is 5.71. The van der Waals surface area contributed by atoms with Gasteiger partial charge in [0.1, 0.15) is 0 Å². The van der Waals surface area contributed by atoms with Crippen molar-refractivity contribution < 1.29 is 19.4 Å². The van der Waals surface area contributed by atoms with Crippen molar-refractivity contribution in [3.63, 3.8) is 0 Å². The summed E-state index contributed by atoms with van der Waals surface area (Å²) in [5, 5.41) is 0. The first-order valence-electron chi connectivity index (χ1n) is 5.06. The van der Waals surface area contributed by atoms with Crippen LogP contribution in [0.25, 0.3) is 0 Å². The van der Waals surface area contributed by atoms with E-state index in [9.17, 15) is 9.59 Å². The highest BCUT2D eigenvalue weighted by Crippen LogP contribution is 2.26. The summed E-state index contributed by atoms with van der Waals surface area (Å²) in [7, 11) is 0. The van der Waals surface area contributed by atoms with Crippen LogP contribution in [-0.4, -0.2) is 11.9 Å². The SMILES string of the molecule is CC(=O)OOC(=O)CC1CCCCC1. The van der Waals surface area contributed by atoms with Crippen molar-refractivity contribution in [3.05, 3.63) is 0 Å². The summed E-state index contributed by atoms with van der Waals surface area (Å²) >= 11 is 0. The zero-order valence-electron chi connectivity index (χ0n) is 8.45. The molecule has 14 heavy (non-hydrogen) atoms. The minimum absolute atomic E-state index is 0.368. The highest BCUT2D eigenvalue weighted by atomic mass is 17.2. The summed E-state index contributed by atoms with van der Waals surface area (Å²) < 4.78 is 0. The van der Waals surface area contributed by atoms with Crippen LogP contribution < -0.4 is 0 Å². The Morgan fingerprint density at radius 3 is 2.36 bits per heavy atom. The molecule has 0 aromatic rings. The van der Waals surface area contributed by atoms with Gasteiger partial charge >= 0.3 is 11.9 Å². The second-order valence-electron chi connectivity index (χ2n) is 3.74. The van der Waals surface area contributed by atoms with E-state index in [0.717, 1.165) is 12.8 Å². The quantitative estimate of drug-likeness (QED) is 0.505. The molecule has 0 aromatic heterocycles. The van der Waals surface area contributed by atoms with Crippen molar-refractivity contribution in [1.29, 1.82) is 0 Å². The average Bonchev–Trinajstić information content (AvgIpc) is 2.16. The molecule has 0 bridgehead atoms. The van der Waals surface area contributed by atoms with Crippen LogP contribution in [0.1, 0.15) is 45.4 Å². The first kappa shape index (κ1) is 11.0. The fourth-order valence-corrected chi connectivity index (χ4v) is 1.77. The lowest BCUT2D eigenvalue weighted by molar-refractivity contribution is -0.258. The van der Waals surface area contributed by atoms with Crippen LogP contribution in [0.4, 0.5) is 0 Å². The molecule has 0 aliphatic heterocycles. The third kappa shape index (κ3) is 4.25. The van der Waals surface area contributed by atoms with E-state index >= 15 is 0 Å². The molecule has 0 heterocycles. The summed E-state index contributed by atoms with van der Waals surface area (Å²) in [6.07, 6.45) is 6.16. The second kappa shape index (κ2) is 5.62. The van der Waals surface area contributed by atoms with E-state index in [1.165, 1.54) is 26.2 Å². The van der Waals surface area contributed by atoms with Crippen molar-refractivity contribution in [2.24, 2.45) is 5.92 Å². The lowest BCUT2D eigenvalue weighted by atomic mass is 9.87. The standard InChI is InChI=1S/C10H16O4/c1-8(11)13-14-10(12)7-9-5-3-2-4-6-9/h9H,2-7H2,1H3. The Kier molecular flexibility index (Phi) is 4.43. The van der Waals surface area contributed by atoms with Crippen LogP contribution in [0.5, 0.6) is 0 Å². The lowest BCUT2D eigenvalue weighted by Crippen LogP contribution is -2.15. The van der Waals surface area contributed by atoms with E-state index in [4.69, 9.17) is 0 Å². The zero-order chi connectivity index (χ0) is 10.4. The van der Waals surface area contributed by atoms with Crippen LogP contribution in [0, 0.1) is 5.92 Å². The van der Waals surface area contributed by atoms with Gasteiger partial charge in [0.15, 0.2) is 0 Å². The summed E-state index contributed by atoms with van der Waals surface area (Å²) in [6.45, 7) is 1.20. The molecule has 1 rings (SSSR count). The zero-order valence-corrected chi connectivity index (χ0v) is 8.45. The topological polar surface area (TPSA) is 52.6 Å². The second-order valence-corrected chi connectivity index (χ2v) is 3.74.